The van der Waals surface area contributed by atoms with E-state index in [1.54, 1.807) is 24.4 Å². The molecule has 1 aromatic carbocycles. The van der Waals surface area contributed by atoms with Crippen molar-refractivity contribution in [2.24, 2.45) is 5.92 Å². The van der Waals surface area contributed by atoms with Crippen LogP contribution in [0.5, 0.6) is 0 Å². The molecule has 0 bridgehead atoms. The predicted molar refractivity (Wildman–Crippen MR) is 144 cm³/mol. The number of amides is 1. The molecule has 1 amide bonds. The molecular weight excluding hydrogens is 453 g/mol. The smallest absolute Gasteiger partial charge is 0.260 e. The van der Waals surface area contributed by atoms with Gasteiger partial charge in [-0.3, -0.25) is 10.1 Å². The Morgan fingerprint density at radius 3 is 2.67 bits per heavy atom. The summed E-state index contributed by atoms with van der Waals surface area (Å²) in [6, 6.07) is 6.81. The third-order valence-corrected chi connectivity index (χ3v) is 7.42. The number of rotatable bonds is 8. The van der Waals surface area contributed by atoms with Gasteiger partial charge in [0.2, 0.25) is 0 Å². The topological polar surface area (TPSA) is 80.2 Å². The van der Waals surface area contributed by atoms with Crippen molar-refractivity contribution in [2.45, 2.75) is 64.0 Å². The van der Waals surface area contributed by atoms with Gasteiger partial charge in [0.25, 0.3) is 5.91 Å². The molecule has 1 heterocycles. The van der Waals surface area contributed by atoms with Gasteiger partial charge in [-0.2, -0.15) is 0 Å². The minimum Gasteiger partial charge on any atom is -0.390 e. The van der Waals surface area contributed by atoms with Crippen LogP contribution < -0.4 is 16.0 Å². The van der Waals surface area contributed by atoms with Gasteiger partial charge >= 0.3 is 0 Å². The highest BCUT2D eigenvalue weighted by Gasteiger charge is 2.26. The molecule has 0 spiro atoms. The standard InChI is InChI=1S/C29H40FN5O/c30-27-13-3-2-12-25(27)26(23-10-7-11-23)20-24(31)21-34-28-29(36)35(19-14-22-8-6-9-22)18-5-1-4-15-32-16-17-33-28/h2-3,12-14,16-17,20,23,28,31-34H,1,4-11,15,18-19,21H2/b17-16+,26-20+,31-24?. The lowest BCUT2D eigenvalue weighted by atomic mass is 9.76. The average molecular weight is 494 g/mol. The number of benzene rings is 1. The summed E-state index contributed by atoms with van der Waals surface area (Å²) in [5, 5.41) is 18.3. The van der Waals surface area contributed by atoms with Gasteiger partial charge in [0.05, 0.1) is 0 Å². The Morgan fingerprint density at radius 1 is 1.11 bits per heavy atom. The monoisotopic (exact) mass is 493 g/mol. The Bertz CT molecular complexity index is 991. The van der Waals surface area contributed by atoms with Crippen molar-refractivity contribution in [2.75, 3.05) is 26.2 Å². The second kappa shape index (κ2) is 13.4. The largest absolute Gasteiger partial charge is 0.390 e. The lowest BCUT2D eigenvalue weighted by Gasteiger charge is -2.30. The predicted octanol–water partition coefficient (Wildman–Crippen LogP) is 4.72. The third-order valence-electron chi connectivity index (χ3n) is 7.42. The minimum absolute atomic E-state index is 0.0125. The van der Waals surface area contributed by atoms with Gasteiger partial charge in [0.15, 0.2) is 6.17 Å². The van der Waals surface area contributed by atoms with Gasteiger partial charge < -0.3 is 20.9 Å². The molecule has 4 N–H and O–H groups in total. The number of nitrogens with zero attached hydrogens (tertiary/aromatic N) is 1. The van der Waals surface area contributed by atoms with E-state index in [0.29, 0.717) is 17.8 Å². The molecule has 4 rings (SSSR count). The summed E-state index contributed by atoms with van der Waals surface area (Å²) < 4.78 is 14.6. The van der Waals surface area contributed by atoms with Crippen LogP contribution in [-0.4, -0.2) is 48.9 Å². The molecule has 2 fully saturated rings. The summed E-state index contributed by atoms with van der Waals surface area (Å²) in [4.78, 5) is 15.5. The fraction of sp³-hybridized carbons (Fsp3) is 0.517. The second-order valence-electron chi connectivity index (χ2n) is 10.1. The van der Waals surface area contributed by atoms with Crippen LogP contribution in [0.2, 0.25) is 0 Å². The van der Waals surface area contributed by atoms with E-state index < -0.39 is 6.17 Å². The maximum atomic E-state index is 14.6. The maximum Gasteiger partial charge on any atom is 0.260 e. The average Bonchev–Trinajstić information content (AvgIpc) is 2.80. The van der Waals surface area contributed by atoms with Gasteiger partial charge in [-0.25, -0.2) is 4.39 Å². The van der Waals surface area contributed by atoms with Crippen molar-refractivity contribution in [3.63, 3.8) is 0 Å². The van der Waals surface area contributed by atoms with Crippen molar-refractivity contribution < 1.29 is 9.18 Å². The molecule has 0 radical (unpaired) electrons. The molecule has 1 atom stereocenters. The van der Waals surface area contributed by atoms with Crippen LogP contribution in [0.1, 0.15) is 63.4 Å². The normalized spacial score (nSPS) is 22.8. The van der Waals surface area contributed by atoms with E-state index in [0.717, 1.165) is 70.0 Å². The molecule has 36 heavy (non-hydrogen) atoms. The maximum absolute atomic E-state index is 14.6. The highest BCUT2D eigenvalue weighted by atomic mass is 19.1. The zero-order valence-electron chi connectivity index (χ0n) is 21.2. The number of halogens is 1. The number of allylic oxidation sites excluding steroid dienone is 2. The minimum atomic E-state index is -0.642. The molecule has 2 aliphatic carbocycles. The summed E-state index contributed by atoms with van der Waals surface area (Å²) >= 11 is 0. The van der Waals surface area contributed by atoms with E-state index in [-0.39, 0.29) is 24.2 Å². The summed E-state index contributed by atoms with van der Waals surface area (Å²) in [5.74, 6) is 0.0234. The van der Waals surface area contributed by atoms with E-state index in [1.165, 1.54) is 18.1 Å². The Balaban J connectivity index is 1.45. The van der Waals surface area contributed by atoms with Crippen molar-refractivity contribution >= 4 is 17.2 Å². The van der Waals surface area contributed by atoms with Crippen molar-refractivity contribution in [3.05, 3.63) is 65.8 Å². The lowest BCUT2D eigenvalue weighted by molar-refractivity contribution is -0.133. The van der Waals surface area contributed by atoms with Crippen LogP contribution >= 0.6 is 0 Å². The van der Waals surface area contributed by atoms with E-state index in [9.17, 15) is 9.18 Å². The van der Waals surface area contributed by atoms with Crippen LogP contribution in [-0.2, 0) is 4.79 Å². The van der Waals surface area contributed by atoms with Gasteiger partial charge in [0, 0.05) is 49.9 Å². The molecule has 1 aromatic rings. The molecule has 6 nitrogen and oxygen atoms in total. The third kappa shape index (κ3) is 7.29. The molecule has 7 heteroatoms. The number of nitrogens with one attached hydrogen (secondary N) is 4. The van der Waals surface area contributed by atoms with Gasteiger partial charge in [-0.15, -0.1) is 0 Å². The number of hydrogen-bond donors (Lipinski definition) is 4. The van der Waals surface area contributed by atoms with Crippen LogP contribution in [0, 0.1) is 17.1 Å². The zero-order valence-corrected chi connectivity index (χ0v) is 21.2. The first-order valence-corrected chi connectivity index (χ1v) is 13.5. The van der Waals surface area contributed by atoms with Crippen molar-refractivity contribution in [1.82, 2.24) is 20.9 Å². The van der Waals surface area contributed by atoms with Gasteiger partial charge in [0.1, 0.15) is 5.82 Å². The van der Waals surface area contributed by atoms with Gasteiger partial charge in [-0.1, -0.05) is 36.3 Å². The quantitative estimate of drug-likeness (QED) is 0.312. The first-order valence-electron chi connectivity index (χ1n) is 13.5. The molecular formula is C29H40FN5O. The van der Waals surface area contributed by atoms with E-state index >= 15 is 0 Å². The molecule has 0 aromatic heterocycles. The van der Waals surface area contributed by atoms with Crippen LogP contribution in [0.25, 0.3) is 5.57 Å². The highest BCUT2D eigenvalue weighted by molar-refractivity contribution is 6.00. The fourth-order valence-electron chi connectivity index (χ4n) is 4.79. The lowest BCUT2D eigenvalue weighted by Crippen LogP contribution is -2.54. The molecule has 1 aliphatic heterocycles. The van der Waals surface area contributed by atoms with Crippen LogP contribution in [0.15, 0.2) is 54.4 Å². The van der Waals surface area contributed by atoms with E-state index in [4.69, 9.17) is 5.41 Å². The summed E-state index contributed by atoms with van der Waals surface area (Å²) in [6.07, 6.45) is 16.8. The van der Waals surface area contributed by atoms with Crippen molar-refractivity contribution in [1.29, 1.82) is 5.41 Å². The Kier molecular flexibility index (Phi) is 9.73. The summed E-state index contributed by atoms with van der Waals surface area (Å²) in [7, 11) is 0. The second-order valence-corrected chi connectivity index (χ2v) is 10.1. The Hall–Kier alpha value is -2.93. The first-order chi connectivity index (χ1) is 17.6. The van der Waals surface area contributed by atoms with Gasteiger partial charge in [-0.05, 0) is 75.0 Å². The SMILES string of the molecule is N=C(/C=C(/c1ccccc1F)C1CCC1)CNC1N/C=C/NCCCCCN(CC=C2CCC2)C1=O. The van der Waals surface area contributed by atoms with E-state index in [2.05, 4.69) is 22.0 Å². The van der Waals surface area contributed by atoms with Crippen LogP contribution in [0.4, 0.5) is 4.39 Å². The van der Waals surface area contributed by atoms with Crippen LogP contribution in [0.3, 0.4) is 0 Å². The first kappa shape index (κ1) is 26.1. The van der Waals surface area contributed by atoms with Crippen molar-refractivity contribution in [3.8, 4) is 0 Å². The highest BCUT2D eigenvalue weighted by Crippen LogP contribution is 2.39. The molecule has 194 valence electrons. The number of hydrogen-bond acceptors (Lipinski definition) is 5. The number of carbonyl (C=O) groups is 1. The molecule has 3 aliphatic rings. The molecule has 0 saturated heterocycles. The Morgan fingerprint density at radius 2 is 1.94 bits per heavy atom. The summed E-state index contributed by atoms with van der Waals surface area (Å²) in [6.45, 7) is 2.48. The molecule has 2 saturated carbocycles. The number of carbonyl (C=O) groups excluding carboxylic acids is 1. The van der Waals surface area contributed by atoms with E-state index in [1.807, 2.05) is 17.2 Å². The zero-order chi connectivity index (χ0) is 25.2. The summed E-state index contributed by atoms with van der Waals surface area (Å²) in [5.41, 5.74) is 3.25. The Labute approximate surface area is 214 Å². The fourth-order valence-corrected chi connectivity index (χ4v) is 4.79. The molecule has 1 unspecified atom stereocenters.